The molecule has 3 N–H and O–H groups in total. The maximum Gasteiger partial charge on any atom is 0.340 e. The van der Waals surface area contributed by atoms with E-state index in [1.807, 2.05) is 12.1 Å². The number of ether oxygens (including phenoxy) is 1. The summed E-state index contributed by atoms with van der Waals surface area (Å²) in [7, 11) is 0. The molecule has 0 spiro atoms. The monoisotopic (exact) mass is 262 g/mol. The van der Waals surface area contributed by atoms with Gasteiger partial charge in [-0.05, 0) is 44.7 Å². The van der Waals surface area contributed by atoms with Crippen LogP contribution >= 0.6 is 0 Å². The molecule has 0 amide bonds. The minimum atomic E-state index is -0.359. The van der Waals surface area contributed by atoms with E-state index in [9.17, 15) is 4.79 Å². The minimum absolute atomic E-state index is 0.154. The molecular formula is C15H22N2O2. The normalized spacial score (nSPS) is 16.5. The lowest BCUT2D eigenvalue weighted by Crippen LogP contribution is -2.44. The van der Waals surface area contributed by atoms with E-state index in [4.69, 9.17) is 10.5 Å². The van der Waals surface area contributed by atoms with E-state index in [1.54, 1.807) is 13.0 Å². The third-order valence-electron chi connectivity index (χ3n) is 3.99. The van der Waals surface area contributed by atoms with Crippen LogP contribution in [-0.4, -0.2) is 18.1 Å². The second kappa shape index (κ2) is 5.51. The van der Waals surface area contributed by atoms with Crippen molar-refractivity contribution in [2.75, 3.05) is 17.7 Å². The third-order valence-corrected chi connectivity index (χ3v) is 3.99. The maximum absolute atomic E-state index is 11.8. The Labute approximate surface area is 114 Å². The van der Waals surface area contributed by atoms with Crippen molar-refractivity contribution >= 4 is 17.3 Å². The van der Waals surface area contributed by atoms with Crippen LogP contribution in [0, 0.1) is 0 Å². The summed E-state index contributed by atoms with van der Waals surface area (Å²) in [5.74, 6) is -0.359. The number of esters is 1. The molecule has 1 aliphatic carbocycles. The van der Waals surface area contributed by atoms with Gasteiger partial charge >= 0.3 is 5.97 Å². The van der Waals surface area contributed by atoms with Gasteiger partial charge in [0.2, 0.25) is 0 Å². The summed E-state index contributed by atoms with van der Waals surface area (Å²) < 4.78 is 5.01. The van der Waals surface area contributed by atoms with Crippen molar-refractivity contribution in [2.24, 2.45) is 0 Å². The first kappa shape index (κ1) is 13.7. The zero-order valence-electron chi connectivity index (χ0n) is 11.7. The number of nitrogens with one attached hydrogen (secondary N) is 1. The Kier molecular flexibility index (Phi) is 3.98. The zero-order chi connectivity index (χ0) is 13.9. The van der Waals surface area contributed by atoms with E-state index in [-0.39, 0.29) is 11.5 Å². The van der Waals surface area contributed by atoms with Crippen LogP contribution in [0.1, 0.15) is 49.9 Å². The first-order valence-corrected chi connectivity index (χ1v) is 6.95. The molecule has 0 heterocycles. The average molecular weight is 262 g/mol. The number of carbonyl (C=O) groups is 1. The second-order valence-corrected chi connectivity index (χ2v) is 5.10. The summed E-state index contributed by atoms with van der Waals surface area (Å²) in [6.07, 6.45) is 4.63. The highest BCUT2D eigenvalue weighted by molar-refractivity contribution is 5.98. The molecule has 4 nitrogen and oxygen atoms in total. The smallest absolute Gasteiger partial charge is 0.340 e. The number of hydrogen-bond donors (Lipinski definition) is 2. The van der Waals surface area contributed by atoms with Gasteiger partial charge in [-0.15, -0.1) is 0 Å². The Hall–Kier alpha value is -1.71. The van der Waals surface area contributed by atoms with Crippen LogP contribution < -0.4 is 11.1 Å². The number of carbonyl (C=O) groups excluding carboxylic acids is 1. The Bertz CT molecular complexity index is 462. The SMILES string of the molecule is CCOC(=O)c1cccc(NC2(CC)CCC2)c1N. The largest absolute Gasteiger partial charge is 0.462 e. The lowest BCUT2D eigenvalue weighted by atomic mass is 9.74. The molecule has 19 heavy (non-hydrogen) atoms. The van der Waals surface area contributed by atoms with Crippen molar-refractivity contribution < 1.29 is 9.53 Å². The Morgan fingerprint density at radius 2 is 2.16 bits per heavy atom. The maximum atomic E-state index is 11.8. The van der Waals surface area contributed by atoms with Crippen molar-refractivity contribution in [2.45, 2.75) is 45.1 Å². The Morgan fingerprint density at radius 1 is 1.42 bits per heavy atom. The topological polar surface area (TPSA) is 64.3 Å². The van der Waals surface area contributed by atoms with Crippen LogP contribution in [0.5, 0.6) is 0 Å². The van der Waals surface area contributed by atoms with Crippen LogP contribution in [0.3, 0.4) is 0 Å². The van der Waals surface area contributed by atoms with Crippen molar-refractivity contribution in [3.63, 3.8) is 0 Å². The standard InChI is InChI=1S/C15H22N2O2/c1-3-15(9-6-10-15)17-12-8-5-7-11(13(12)16)14(18)19-4-2/h5,7-8,17H,3-4,6,9-10,16H2,1-2H3. The molecule has 4 heteroatoms. The number of rotatable bonds is 5. The van der Waals surface area contributed by atoms with Crippen LogP contribution in [0.25, 0.3) is 0 Å². The van der Waals surface area contributed by atoms with Crippen molar-refractivity contribution in [1.29, 1.82) is 0 Å². The third kappa shape index (κ3) is 2.67. The van der Waals surface area contributed by atoms with Gasteiger partial charge in [0.15, 0.2) is 0 Å². The molecule has 0 radical (unpaired) electrons. The summed E-state index contributed by atoms with van der Waals surface area (Å²) in [5, 5.41) is 3.51. The van der Waals surface area contributed by atoms with Crippen LogP contribution in [0.2, 0.25) is 0 Å². The van der Waals surface area contributed by atoms with Gasteiger partial charge in [-0.25, -0.2) is 4.79 Å². The van der Waals surface area contributed by atoms with Crippen LogP contribution in [-0.2, 0) is 4.74 Å². The van der Waals surface area contributed by atoms with Gasteiger partial charge in [0.25, 0.3) is 0 Å². The molecule has 1 saturated carbocycles. The number of para-hydroxylation sites is 1. The molecule has 1 fully saturated rings. The van der Waals surface area contributed by atoms with Gasteiger partial charge in [0.05, 0.1) is 23.5 Å². The summed E-state index contributed by atoms with van der Waals surface area (Å²) >= 11 is 0. The quantitative estimate of drug-likeness (QED) is 0.632. The zero-order valence-corrected chi connectivity index (χ0v) is 11.7. The highest BCUT2D eigenvalue weighted by Crippen LogP contribution is 2.39. The van der Waals surface area contributed by atoms with E-state index in [1.165, 1.54) is 6.42 Å². The number of nitrogens with two attached hydrogens (primary N) is 1. The van der Waals surface area contributed by atoms with Gasteiger partial charge in [-0.1, -0.05) is 13.0 Å². The average Bonchev–Trinajstić information content (AvgIpc) is 2.36. The van der Waals surface area contributed by atoms with E-state index >= 15 is 0 Å². The summed E-state index contributed by atoms with van der Waals surface area (Å²) in [4.78, 5) is 11.8. The van der Waals surface area contributed by atoms with E-state index in [2.05, 4.69) is 12.2 Å². The fourth-order valence-electron chi connectivity index (χ4n) is 2.52. The molecule has 104 valence electrons. The van der Waals surface area contributed by atoms with Crippen molar-refractivity contribution in [3.05, 3.63) is 23.8 Å². The molecule has 0 aromatic heterocycles. The fourth-order valence-corrected chi connectivity index (χ4v) is 2.52. The van der Waals surface area contributed by atoms with Crippen molar-refractivity contribution in [1.82, 2.24) is 0 Å². The molecular weight excluding hydrogens is 240 g/mol. The van der Waals surface area contributed by atoms with Crippen molar-refractivity contribution in [3.8, 4) is 0 Å². The molecule has 1 aromatic rings. The highest BCUT2D eigenvalue weighted by Gasteiger charge is 2.35. The summed E-state index contributed by atoms with van der Waals surface area (Å²) in [6.45, 7) is 4.32. The summed E-state index contributed by atoms with van der Waals surface area (Å²) in [6, 6.07) is 5.47. The molecule has 0 atom stereocenters. The number of benzene rings is 1. The van der Waals surface area contributed by atoms with Crippen LogP contribution in [0.15, 0.2) is 18.2 Å². The van der Waals surface area contributed by atoms with Gasteiger partial charge in [0, 0.05) is 5.54 Å². The highest BCUT2D eigenvalue weighted by atomic mass is 16.5. The van der Waals surface area contributed by atoms with E-state index in [0.29, 0.717) is 17.9 Å². The molecule has 0 saturated heterocycles. The number of hydrogen-bond acceptors (Lipinski definition) is 4. The Balaban J connectivity index is 2.22. The minimum Gasteiger partial charge on any atom is -0.462 e. The number of nitrogen functional groups attached to an aromatic ring is 1. The lowest BCUT2D eigenvalue weighted by Gasteiger charge is -2.43. The first-order chi connectivity index (χ1) is 9.12. The van der Waals surface area contributed by atoms with E-state index in [0.717, 1.165) is 24.9 Å². The van der Waals surface area contributed by atoms with Crippen LogP contribution in [0.4, 0.5) is 11.4 Å². The molecule has 0 bridgehead atoms. The van der Waals surface area contributed by atoms with Gasteiger partial charge < -0.3 is 15.8 Å². The van der Waals surface area contributed by atoms with Gasteiger partial charge in [-0.2, -0.15) is 0 Å². The molecule has 0 unspecified atom stereocenters. The molecule has 2 rings (SSSR count). The van der Waals surface area contributed by atoms with E-state index < -0.39 is 0 Å². The van der Waals surface area contributed by atoms with Gasteiger partial charge in [0.1, 0.15) is 0 Å². The Morgan fingerprint density at radius 3 is 2.68 bits per heavy atom. The predicted octanol–water partition coefficient (Wildman–Crippen LogP) is 3.19. The van der Waals surface area contributed by atoms with Gasteiger partial charge in [-0.3, -0.25) is 0 Å². The first-order valence-electron chi connectivity index (χ1n) is 6.95. The fraction of sp³-hybridized carbons (Fsp3) is 0.533. The predicted molar refractivity (Wildman–Crippen MR) is 77.3 cm³/mol. The lowest BCUT2D eigenvalue weighted by molar-refractivity contribution is 0.0527. The second-order valence-electron chi connectivity index (χ2n) is 5.10. The molecule has 0 aliphatic heterocycles. The summed E-state index contributed by atoms with van der Waals surface area (Å²) in [5.41, 5.74) is 8.01. The number of anilines is 2. The molecule has 1 aliphatic rings. The molecule has 1 aromatic carbocycles.